The fraction of sp³-hybridized carbons (Fsp3) is 0.538. The normalized spacial score (nSPS) is 25.4. The van der Waals surface area contributed by atoms with E-state index in [4.69, 9.17) is 5.73 Å². The fourth-order valence-electron chi connectivity index (χ4n) is 2.46. The molecular weight excluding hydrogens is 328 g/mol. The van der Waals surface area contributed by atoms with Crippen molar-refractivity contribution in [3.05, 3.63) is 28.7 Å². The van der Waals surface area contributed by atoms with Crippen LogP contribution in [0.1, 0.15) is 19.8 Å². The van der Waals surface area contributed by atoms with Crippen LogP contribution in [0.25, 0.3) is 0 Å². The molecule has 2 rings (SSSR count). The monoisotopic (exact) mass is 346 g/mol. The Morgan fingerprint density at radius 3 is 2.74 bits per heavy atom. The van der Waals surface area contributed by atoms with Crippen molar-refractivity contribution >= 4 is 26.0 Å². The summed E-state index contributed by atoms with van der Waals surface area (Å²) in [5.74, 6) is 0.242. The molecule has 1 aliphatic rings. The van der Waals surface area contributed by atoms with Crippen LogP contribution in [-0.2, 0) is 10.0 Å². The molecule has 6 heteroatoms. The summed E-state index contributed by atoms with van der Waals surface area (Å²) in [6.07, 6.45) is 1.63. The highest BCUT2D eigenvalue weighted by atomic mass is 79.9. The Morgan fingerprint density at radius 2 is 2.11 bits per heavy atom. The maximum Gasteiger partial charge on any atom is 0.244 e. The van der Waals surface area contributed by atoms with Gasteiger partial charge in [-0.15, -0.1) is 0 Å². The van der Waals surface area contributed by atoms with Crippen LogP contribution in [0.4, 0.5) is 0 Å². The molecule has 1 aliphatic heterocycles. The number of sulfonamides is 1. The smallest absolute Gasteiger partial charge is 0.244 e. The van der Waals surface area contributed by atoms with Crippen LogP contribution >= 0.6 is 15.9 Å². The molecule has 0 aromatic heterocycles. The first-order chi connectivity index (χ1) is 8.96. The van der Waals surface area contributed by atoms with Crippen LogP contribution in [0.15, 0.2) is 33.6 Å². The molecule has 0 spiro atoms. The van der Waals surface area contributed by atoms with E-state index >= 15 is 0 Å². The topological polar surface area (TPSA) is 63.4 Å². The van der Waals surface area contributed by atoms with E-state index < -0.39 is 10.0 Å². The van der Waals surface area contributed by atoms with Crippen LogP contribution < -0.4 is 5.73 Å². The molecule has 4 nitrogen and oxygen atoms in total. The summed E-state index contributed by atoms with van der Waals surface area (Å²) in [6, 6.07) is 7.04. The van der Waals surface area contributed by atoms with Crippen molar-refractivity contribution in [1.82, 2.24) is 4.31 Å². The zero-order valence-corrected chi connectivity index (χ0v) is 13.3. The maximum absolute atomic E-state index is 12.6. The molecule has 1 saturated heterocycles. The molecule has 106 valence electrons. The molecule has 2 N–H and O–H groups in total. The fourth-order valence-corrected chi connectivity index (χ4v) is 4.94. The van der Waals surface area contributed by atoms with Crippen molar-refractivity contribution in [2.75, 3.05) is 13.1 Å². The van der Waals surface area contributed by atoms with Gasteiger partial charge in [0.15, 0.2) is 0 Å². The number of nitrogens with two attached hydrogens (primary N) is 1. The molecule has 0 bridgehead atoms. The van der Waals surface area contributed by atoms with E-state index in [1.165, 1.54) is 0 Å². The van der Waals surface area contributed by atoms with Gasteiger partial charge in [0.25, 0.3) is 0 Å². The van der Waals surface area contributed by atoms with E-state index in [0.29, 0.717) is 22.5 Å². The Morgan fingerprint density at radius 1 is 1.42 bits per heavy atom. The van der Waals surface area contributed by atoms with Crippen molar-refractivity contribution in [3.63, 3.8) is 0 Å². The first-order valence-electron chi connectivity index (χ1n) is 6.47. The van der Waals surface area contributed by atoms with Gasteiger partial charge in [0.05, 0.1) is 4.90 Å². The molecule has 0 amide bonds. The SMILES string of the molecule is CCC1CN(S(=O)(=O)c2ccccc2Br)CCC1N. The number of hydrogen-bond acceptors (Lipinski definition) is 3. The van der Waals surface area contributed by atoms with E-state index in [0.717, 1.165) is 12.8 Å². The number of piperidine rings is 1. The van der Waals surface area contributed by atoms with Gasteiger partial charge >= 0.3 is 0 Å². The van der Waals surface area contributed by atoms with Gasteiger partial charge in [-0.1, -0.05) is 25.5 Å². The lowest BCUT2D eigenvalue weighted by molar-refractivity contribution is 0.230. The largest absolute Gasteiger partial charge is 0.327 e. The zero-order chi connectivity index (χ0) is 14.0. The lowest BCUT2D eigenvalue weighted by Crippen LogP contribution is -2.48. The van der Waals surface area contributed by atoms with Gasteiger partial charge in [-0.3, -0.25) is 0 Å². The van der Waals surface area contributed by atoms with E-state index in [9.17, 15) is 8.42 Å². The summed E-state index contributed by atoms with van der Waals surface area (Å²) in [4.78, 5) is 0.334. The van der Waals surface area contributed by atoms with Crippen LogP contribution in [-0.4, -0.2) is 31.9 Å². The van der Waals surface area contributed by atoms with E-state index in [-0.39, 0.29) is 12.0 Å². The molecule has 0 saturated carbocycles. The Bertz CT molecular complexity index is 547. The van der Waals surface area contributed by atoms with E-state index in [1.807, 2.05) is 6.07 Å². The summed E-state index contributed by atoms with van der Waals surface area (Å²) in [5, 5.41) is 0. The molecule has 2 atom stereocenters. The average molecular weight is 347 g/mol. The van der Waals surface area contributed by atoms with Crippen LogP contribution in [0, 0.1) is 5.92 Å². The third-order valence-corrected chi connectivity index (χ3v) is 6.61. The minimum atomic E-state index is -3.43. The molecule has 1 fully saturated rings. The Balaban J connectivity index is 2.28. The van der Waals surface area contributed by atoms with Crippen LogP contribution in [0.3, 0.4) is 0 Å². The van der Waals surface area contributed by atoms with Crippen LogP contribution in [0.5, 0.6) is 0 Å². The van der Waals surface area contributed by atoms with Crippen molar-refractivity contribution < 1.29 is 8.42 Å². The molecule has 0 radical (unpaired) electrons. The third kappa shape index (κ3) is 3.02. The highest BCUT2D eigenvalue weighted by Gasteiger charge is 2.33. The number of benzene rings is 1. The third-order valence-electron chi connectivity index (χ3n) is 3.73. The van der Waals surface area contributed by atoms with Gasteiger partial charge in [-0.2, -0.15) is 4.31 Å². The van der Waals surface area contributed by atoms with E-state index in [2.05, 4.69) is 22.9 Å². The Kier molecular flexibility index (Phi) is 4.66. The zero-order valence-electron chi connectivity index (χ0n) is 10.9. The van der Waals surface area contributed by atoms with Crippen molar-refractivity contribution in [1.29, 1.82) is 0 Å². The van der Waals surface area contributed by atoms with Gasteiger partial charge < -0.3 is 5.73 Å². The molecule has 1 aromatic carbocycles. The second-order valence-electron chi connectivity index (χ2n) is 4.91. The van der Waals surface area contributed by atoms with Crippen molar-refractivity contribution in [2.45, 2.75) is 30.7 Å². The summed E-state index contributed by atoms with van der Waals surface area (Å²) in [6.45, 7) is 3.07. The minimum Gasteiger partial charge on any atom is -0.327 e. The first kappa shape index (κ1) is 15.0. The van der Waals surface area contributed by atoms with Crippen LogP contribution in [0.2, 0.25) is 0 Å². The molecule has 1 heterocycles. The standard InChI is InChI=1S/C13H19BrN2O2S/c1-2-10-9-16(8-7-12(10)15)19(17,18)13-6-4-3-5-11(13)14/h3-6,10,12H,2,7-9,15H2,1H3. The molecule has 2 unspecified atom stereocenters. The molecule has 0 aliphatic carbocycles. The quantitative estimate of drug-likeness (QED) is 0.912. The number of halogens is 1. The Labute approximate surface area is 123 Å². The summed E-state index contributed by atoms with van der Waals surface area (Å²) in [5.41, 5.74) is 6.03. The second kappa shape index (κ2) is 5.91. The predicted molar refractivity (Wildman–Crippen MR) is 79.3 cm³/mol. The predicted octanol–water partition coefficient (Wildman–Crippen LogP) is 2.20. The number of nitrogens with zero attached hydrogens (tertiary/aromatic N) is 1. The van der Waals surface area contributed by atoms with Gasteiger partial charge in [0.1, 0.15) is 0 Å². The van der Waals surface area contributed by atoms with Gasteiger partial charge in [0, 0.05) is 23.6 Å². The highest BCUT2D eigenvalue weighted by Crippen LogP contribution is 2.28. The van der Waals surface area contributed by atoms with Gasteiger partial charge in [-0.25, -0.2) is 8.42 Å². The molecule has 19 heavy (non-hydrogen) atoms. The molecular formula is C13H19BrN2O2S. The highest BCUT2D eigenvalue weighted by molar-refractivity contribution is 9.10. The first-order valence-corrected chi connectivity index (χ1v) is 8.70. The van der Waals surface area contributed by atoms with E-state index in [1.54, 1.807) is 22.5 Å². The minimum absolute atomic E-state index is 0.107. The second-order valence-corrected chi connectivity index (χ2v) is 7.68. The van der Waals surface area contributed by atoms with Crippen molar-refractivity contribution in [2.24, 2.45) is 11.7 Å². The van der Waals surface area contributed by atoms with Gasteiger partial charge in [0.2, 0.25) is 10.0 Å². The lowest BCUT2D eigenvalue weighted by atomic mass is 9.92. The lowest BCUT2D eigenvalue weighted by Gasteiger charge is -2.35. The average Bonchev–Trinajstić information content (AvgIpc) is 2.39. The summed E-state index contributed by atoms with van der Waals surface area (Å²) >= 11 is 3.31. The maximum atomic E-state index is 12.6. The number of rotatable bonds is 3. The summed E-state index contributed by atoms with van der Waals surface area (Å²) < 4.78 is 27.4. The number of hydrogen-bond donors (Lipinski definition) is 1. The van der Waals surface area contributed by atoms with Crippen molar-refractivity contribution in [3.8, 4) is 0 Å². The summed E-state index contributed by atoms with van der Waals surface area (Å²) in [7, 11) is -3.43. The Hall–Kier alpha value is -0.430. The van der Waals surface area contributed by atoms with Gasteiger partial charge in [-0.05, 0) is 40.4 Å². The molecule has 1 aromatic rings.